The Hall–Kier alpha value is -1.03. The van der Waals surface area contributed by atoms with Crippen molar-refractivity contribution in [2.24, 2.45) is 5.73 Å². The molecule has 1 aromatic heterocycles. The van der Waals surface area contributed by atoms with Crippen LogP contribution in [0.3, 0.4) is 0 Å². The summed E-state index contributed by atoms with van der Waals surface area (Å²) in [4.78, 5) is 0. The molecule has 0 bridgehead atoms. The number of halogens is 1. The number of ether oxygens (including phenoxy) is 1. The Bertz CT molecular complexity index is 510. The van der Waals surface area contributed by atoms with Gasteiger partial charge in [-0.15, -0.1) is 12.4 Å². The molecular formula is C15H23ClN2O. The van der Waals surface area contributed by atoms with E-state index in [1.165, 1.54) is 16.5 Å². The zero-order chi connectivity index (χ0) is 13.0. The molecule has 4 heteroatoms. The fraction of sp³-hybridized carbons (Fsp3) is 0.467. The van der Waals surface area contributed by atoms with E-state index in [0.29, 0.717) is 0 Å². The highest BCUT2D eigenvalue weighted by Gasteiger charge is 2.10. The van der Waals surface area contributed by atoms with E-state index in [2.05, 4.69) is 42.0 Å². The zero-order valence-electron chi connectivity index (χ0n) is 11.6. The molecule has 0 saturated heterocycles. The minimum atomic E-state index is 0. The van der Waals surface area contributed by atoms with E-state index in [0.717, 1.165) is 26.0 Å². The van der Waals surface area contributed by atoms with Crippen LogP contribution in [0.5, 0.6) is 0 Å². The van der Waals surface area contributed by atoms with Crippen LogP contribution in [-0.2, 0) is 17.7 Å². The second-order valence-corrected chi connectivity index (χ2v) is 4.73. The number of rotatable bonds is 6. The fourth-order valence-corrected chi connectivity index (χ4v) is 2.29. The van der Waals surface area contributed by atoms with Gasteiger partial charge in [-0.1, -0.05) is 25.1 Å². The van der Waals surface area contributed by atoms with Gasteiger partial charge in [0, 0.05) is 36.8 Å². The average molecular weight is 283 g/mol. The van der Waals surface area contributed by atoms with Crippen molar-refractivity contribution in [3.63, 3.8) is 0 Å². The Morgan fingerprint density at radius 2 is 2.05 bits per heavy atom. The van der Waals surface area contributed by atoms with Crippen LogP contribution in [0.25, 0.3) is 10.9 Å². The van der Waals surface area contributed by atoms with Crippen molar-refractivity contribution in [1.82, 2.24) is 4.57 Å². The molecule has 0 aliphatic heterocycles. The third-order valence-electron chi connectivity index (χ3n) is 3.41. The molecule has 2 rings (SSSR count). The normalized spacial score (nSPS) is 12.4. The van der Waals surface area contributed by atoms with Gasteiger partial charge in [0.05, 0.1) is 6.61 Å². The van der Waals surface area contributed by atoms with E-state index in [9.17, 15) is 0 Å². The molecule has 0 fully saturated rings. The van der Waals surface area contributed by atoms with Gasteiger partial charge in [0.25, 0.3) is 0 Å². The molecule has 2 N–H and O–H groups in total. The first-order chi connectivity index (χ1) is 8.76. The summed E-state index contributed by atoms with van der Waals surface area (Å²) in [5.74, 6) is 0. The molecule has 0 aliphatic rings. The van der Waals surface area contributed by atoms with Crippen molar-refractivity contribution >= 4 is 23.3 Å². The molecule has 1 unspecified atom stereocenters. The van der Waals surface area contributed by atoms with Crippen molar-refractivity contribution in [3.05, 3.63) is 36.0 Å². The number of nitrogens with two attached hydrogens (primary N) is 1. The maximum Gasteiger partial charge on any atom is 0.0641 e. The Morgan fingerprint density at radius 1 is 1.32 bits per heavy atom. The summed E-state index contributed by atoms with van der Waals surface area (Å²) in [6.45, 7) is 3.76. The first-order valence-corrected chi connectivity index (χ1v) is 6.57. The Morgan fingerprint density at radius 3 is 2.74 bits per heavy atom. The minimum Gasteiger partial charge on any atom is -0.383 e. The van der Waals surface area contributed by atoms with Crippen LogP contribution in [0.2, 0.25) is 0 Å². The predicted molar refractivity (Wildman–Crippen MR) is 83.0 cm³/mol. The molecule has 0 spiro atoms. The van der Waals surface area contributed by atoms with Crippen LogP contribution in [0, 0.1) is 0 Å². The molecule has 1 atom stereocenters. The Kier molecular flexibility index (Phi) is 6.35. The SMILES string of the molecule is CCC(N)Cc1cn(CCOC)c2ccccc12.Cl. The molecule has 0 saturated carbocycles. The average Bonchev–Trinajstić information content (AvgIpc) is 2.75. The second kappa shape index (κ2) is 7.53. The maximum absolute atomic E-state index is 6.07. The summed E-state index contributed by atoms with van der Waals surface area (Å²) >= 11 is 0. The van der Waals surface area contributed by atoms with Crippen molar-refractivity contribution < 1.29 is 4.74 Å². The van der Waals surface area contributed by atoms with Crippen LogP contribution >= 0.6 is 12.4 Å². The highest BCUT2D eigenvalue weighted by Crippen LogP contribution is 2.22. The van der Waals surface area contributed by atoms with Gasteiger partial charge >= 0.3 is 0 Å². The quantitative estimate of drug-likeness (QED) is 0.885. The molecular weight excluding hydrogens is 260 g/mol. The number of fused-ring (bicyclic) bond motifs is 1. The molecule has 0 aliphatic carbocycles. The van der Waals surface area contributed by atoms with Crippen LogP contribution < -0.4 is 5.73 Å². The van der Waals surface area contributed by atoms with Crippen LogP contribution in [0.15, 0.2) is 30.5 Å². The fourth-order valence-electron chi connectivity index (χ4n) is 2.29. The Labute approximate surface area is 121 Å². The zero-order valence-corrected chi connectivity index (χ0v) is 12.5. The van der Waals surface area contributed by atoms with E-state index in [1.807, 2.05) is 0 Å². The highest BCUT2D eigenvalue weighted by molar-refractivity contribution is 5.85. The van der Waals surface area contributed by atoms with Crippen LogP contribution in [0.1, 0.15) is 18.9 Å². The number of nitrogens with zero attached hydrogens (tertiary/aromatic N) is 1. The molecule has 2 aromatic rings. The first kappa shape index (κ1) is 16.0. The minimum absolute atomic E-state index is 0. The van der Waals surface area contributed by atoms with E-state index >= 15 is 0 Å². The van der Waals surface area contributed by atoms with E-state index in [-0.39, 0.29) is 18.4 Å². The van der Waals surface area contributed by atoms with Gasteiger partial charge in [-0.3, -0.25) is 0 Å². The van der Waals surface area contributed by atoms with Crippen molar-refractivity contribution in [3.8, 4) is 0 Å². The molecule has 19 heavy (non-hydrogen) atoms. The maximum atomic E-state index is 6.07. The van der Waals surface area contributed by atoms with Gasteiger partial charge in [0.1, 0.15) is 0 Å². The summed E-state index contributed by atoms with van der Waals surface area (Å²) in [6.07, 6.45) is 4.17. The summed E-state index contributed by atoms with van der Waals surface area (Å²) in [5.41, 5.74) is 8.69. The number of hydrogen-bond acceptors (Lipinski definition) is 2. The lowest BCUT2D eigenvalue weighted by Crippen LogP contribution is -2.21. The van der Waals surface area contributed by atoms with E-state index in [4.69, 9.17) is 10.5 Å². The monoisotopic (exact) mass is 282 g/mol. The number of hydrogen-bond donors (Lipinski definition) is 1. The van der Waals surface area contributed by atoms with E-state index in [1.54, 1.807) is 7.11 Å². The first-order valence-electron chi connectivity index (χ1n) is 6.57. The van der Waals surface area contributed by atoms with Crippen molar-refractivity contribution in [2.45, 2.75) is 32.4 Å². The summed E-state index contributed by atoms with van der Waals surface area (Å²) in [5, 5.41) is 1.32. The molecule has 0 radical (unpaired) electrons. The third kappa shape index (κ3) is 3.72. The second-order valence-electron chi connectivity index (χ2n) is 4.73. The van der Waals surface area contributed by atoms with E-state index < -0.39 is 0 Å². The molecule has 1 aromatic carbocycles. The van der Waals surface area contributed by atoms with Crippen LogP contribution in [-0.4, -0.2) is 24.3 Å². The van der Waals surface area contributed by atoms with Crippen LogP contribution in [0.4, 0.5) is 0 Å². The van der Waals surface area contributed by atoms with Gasteiger partial charge in [-0.25, -0.2) is 0 Å². The summed E-state index contributed by atoms with van der Waals surface area (Å²) in [7, 11) is 1.74. The third-order valence-corrected chi connectivity index (χ3v) is 3.41. The number of methoxy groups -OCH3 is 1. The van der Waals surface area contributed by atoms with Gasteiger partial charge in [-0.2, -0.15) is 0 Å². The number of aromatic nitrogens is 1. The standard InChI is InChI=1S/C15H22N2O.ClH/c1-3-13(16)10-12-11-17(8-9-18-2)15-7-5-4-6-14(12)15;/h4-7,11,13H,3,8-10,16H2,1-2H3;1H. The molecule has 106 valence electrons. The Balaban J connectivity index is 0.00000180. The molecule has 1 heterocycles. The molecule has 0 amide bonds. The van der Waals surface area contributed by atoms with Gasteiger partial charge in [-0.05, 0) is 24.5 Å². The largest absolute Gasteiger partial charge is 0.383 e. The van der Waals surface area contributed by atoms with Gasteiger partial charge in [0.15, 0.2) is 0 Å². The van der Waals surface area contributed by atoms with Crippen molar-refractivity contribution in [1.29, 1.82) is 0 Å². The molecule has 3 nitrogen and oxygen atoms in total. The lowest BCUT2D eigenvalue weighted by atomic mass is 10.0. The highest BCUT2D eigenvalue weighted by atomic mass is 35.5. The topological polar surface area (TPSA) is 40.2 Å². The summed E-state index contributed by atoms with van der Waals surface area (Å²) < 4.78 is 7.42. The number of benzene rings is 1. The smallest absolute Gasteiger partial charge is 0.0641 e. The number of para-hydroxylation sites is 1. The lowest BCUT2D eigenvalue weighted by molar-refractivity contribution is 0.188. The lowest BCUT2D eigenvalue weighted by Gasteiger charge is -2.06. The van der Waals surface area contributed by atoms with Gasteiger partial charge in [0.2, 0.25) is 0 Å². The van der Waals surface area contributed by atoms with Gasteiger partial charge < -0.3 is 15.0 Å². The summed E-state index contributed by atoms with van der Waals surface area (Å²) in [6, 6.07) is 8.74. The predicted octanol–water partition coefficient (Wildman–Crippen LogP) is 2.99. The van der Waals surface area contributed by atoms with Crippen molar-refractivity contribution in [2.75, 3.05) is 13.7 Å².